The smallest absolute Gasteiger partial charge is 0.344 e. The van der Waals surface area contributed by atoms with Gasteiger partial charge in [0.25, 0.3) is 0 Å². The third-order valence-corrected chi connectivity index (χ3v) is 4.98. The summed E-state index contributed by atoms with van der Waals surface area (Å²) < 4.78 is 32.5. The fourth-order valence-corrected chi connectivity index (χ4v) is 3.66. The number of carbonyl (C=O) groups is 1. The first-order valence-electron chi connectivity index (χ1n) is 9.23. The van der Waals surface area contributed by atoms with Crippen LogP contribution in [0.4, 0.5) is 8.78 Å². The van der Waals surface area contributed by atoms with Crippen LogP contribution in [0.3, 0.4) is 0 Å². The molecular formula is C20H23F2NO4. The van der Waals surface area contributed by atoms with E-state index < -0.39 is 23.2 Å². The minimum Gasteiger partial charge on any atom is -0.511 e. The second kappa shape index (κ2) is 8.06. The van der Waals surface area contributed by atoms with Crippen LogP contribution in [0.1, 0.15) is 57.4 Å². The third kappa shape index (κ3) is 4.28. The number of hydrogen-bond donors (Lipinski definition) is 1. The number of halogens is 2. The van der Waals surface area contributed by atoms with E-state index in [1.165, 1.54) is 0 Å². The molecule has 0 amide bonds. The average molecular weight is 379 g/mol. The summed E-state index contributed by atoms with van der Waals surface area (Å²) in [5.41, 5.74) is -0.309. The van der Waals surface area contributed by atoms with E-state index in [1.807, 2.05) is 6.92 Å². The Kier molecular flexibility index (Phi) is 5.77. The van der Waals surface area contributed by atoms with Gasteiger partial charge < -0.3 is 14.7 Å². The Balaban J connectivity index is 1.78. The molecule has 1 aliphatic carbocycles. The van der Waals surface area contributed by atoms with Crippen molar-refractivity contribution in [3.63, 3.8) is 0 Å². The van der Waals surface area contributed by atoms with Gasteiger partial charge in [0.15, 0.2) is 0 Å². The highest BCUT2D eigenvalue weighted by Gasteiger charge is 2.44. The van der Waals surface area contributed by atoms with Gasteiger partial charge in [-0.25, -0.2) is 13.6 Å². The lowest BCUT2D eigenvalue weighted by molar-refractivity contribution is -0.157. The Hall–Kier alpha value is -2.44. The van der Waals surface area contributed by atoms with Crippen LogP contribution in [-0.2, 0) is 21.0 Å². The number of benzene rings is 1. The molecule has 1 saturated carbocycles. The summed E-state index contributed by atoms with van der Waals surface area (Å²) in [6, 6.07) is 3.06. The van der Waals surface area contributed by atoms with Gasteiger partial charge in [-0.2, -0.15) is 0 Å². The molecule has 0 atom stereocenters. The Bertz CT molecular complexity index is 782. The van der Waals surface area contributed by atoms with Crippen LogP contribution < -0.4 is 0 Å². The minimum atomic E-state index is -0.606. The molecule has 3 rings (SSSR count). The van der Waals surface area contributed by atoms with Crippen molar-refractivity contribution in [2.24, 2.45) is 5.16 Å². The molecule has 1 N–H and O–H groups in total. The zero-order valence-corrected chi connectivity index (χ0v) is 15.3. The lowest BCUT2D eigenvalue weighted by Gasteiger charge is -2.33. The Morgan fingerprint density at radius 3 is 2.74 bits per heavy atom. The van der Waals surface area contributed by atoms with E-state index in [1.54, 1.807) is 0 Å². The van der Waals surface area contributed by atoms with Gasteiger partial charge in [0.05, 0.1) is 5.71 Å². The number of hydrogen-bond acceptors (Lipinski definition) is 5. The van der Waals surface area contributed by atoms with Gasteiger partial charge in [0.1, 0.15) is 35.2 Å². The SMILES string of the molecule is CCCC(=NOCc1cc(F)ccc1F)C1=C(O)CC2(CCCC2)OC1=O. The number of esters is 1. The summed E-state index contributed by atoms with van der Waals surface area (Å²) in [6.45, 7) is 1.61. The van der Waals surface area contributed by atoms with Crippen molar-refractivity contribution in [3.05, 3.63) is 46.7 Å². The Labute approximate surface area is 156 Å². The standard InChI is InChI=1S/C20H23F2NO4/c1-2-5-16(23-26-12-13-10-14(21)6-7-15(13)22)18-17(24)11-20(27-19(18)25)8-3-4-9-20/h6-7,10,24H,2-5,8-9,11-12H2,1H3. The molecule has 0 unspecified atom stereocenters. The molecule has 5 nitrogen and oxygen atoms in total. The highest BCUT2D eigenvalue weighted by Crippen LogP contribution is 2.42. The molecule has 1 aliphatic heterocycles. The van der Waals surface area contributed by atoms with Gasteiger partial charge >= 0.3 is 5.97 Å². The van der Waals surface area contributed by atoms with Crippen molar-refractivity contribution < 1.29 is 28.3 Å². The van der Waals surface area contributed by atoms with E-state index in [-0.39, 0.29) is 35.6 Å². The third-order valence-electron chi connectivity index (χ3n) is 4.98. The van der Waals surface area contributed by atoms with E-state index in [0.717, 1.165) is 43.9 Å². The predicted octanol–water partition coefficient (Wildman–Crippen LogP) is 4.71. The molecule has 0 aromatic heterocycles. The van der Waals surface area contributed by atoms with Crippen molar-refractivity contribution in [1.29, 1.82) is 0 Å². The maximum absolute atomic E-state index is 13.7. The molecule has 0 bridgehead atoms. The van der Waals surface area contributed by atoms with E-state index in [2.05, 4.69) is 5.16 Å². The van der Waals surface area contributed by atoms with Gasteiger partial charge in [0.2, 0.25) is 0 Å². The zero-order valence-electron chi connectivity index (χ0n) is 15.3. The van der Waals surface area contributed by atoms with Crippen molar-refractivity contribution in [2.75, 3.05) is 0 Å². The van der Waals surface area contributed by atoms with E-state index >= 15 is 0 Å². The molecule has 7 heteroatoms. The molecule has 1 aromatic carbocycles. The van der Waals surface area contributed by atoms with Crippen molar-refractivity contribution in [2.45, 2.75) is 64.1 Å². The summed E-state index contributed by atoms with van der Waals surface area (Å²) in [7, 11) is 0. The van der Waals surface area contributed by atoms with Crippen LogP contribution in [0.2, 0.25) is 0 Å². The molecule has 146 valence electrons. The van der Waals surface area contributed by atoms with Gasteiger partial charge in [0, 0.05) is 12.0 Å². The number of rotatable bonds is 6. The molecule has 1 spiro atoms. The van der Waals surface area contributed by atoms with E-state index in [4.69, 9.17) is 9.57 Å². The summed E-state index contributed by atoms with van der Waals surface area (Å²) >= 11 is 0. The lowest BCUT2D eigenvalue weighted by atomic mass is 9.90. The van der Waals surface area contributed by atoms with Crippen LogP contribution in [0.15, 0.2) is 34.7 Å². The summed E-state index contributed by atoms with van der Waals surface area (Å²) in [4.78, 5) is 17.7. The van der Waals surface area contributed by atoms with Crippen molar-refractivity contribution in [1.82, 2.24) is 0 Å². The van der Waals surface area contributed by atoms with Crippen LogP contribution in [0, 0.1) is 11.6 Å². The predicted molar refractivity (Wildman–Crippen MR) is 95.1 cm³/mol. The van der Waals surface area contributed by atoms with Crippen LogP contribution in [0.25, 0.3) is 0 Å². The molecule has 1 aromatic rings. The first-order chi connectivity index (χ1) is 12.9. The first-order valence-corrected chi connectivity index (χ1v) is 9.23. The van der Waals surface area contributed by atoms with Crippen LogP contribution >= 0.6 is 0 Å². The molecule has 1 heterocycles. The molecule has 0 radical (unpaired) electrons. The number of aliphatic hydroxyl groups excluding tert-OH is 1. The number of carbonyl (C=O) groups excluding carboxylic acids is 1. The van der Waals surface area contributed by atoms with E-state index in [9.17, 15) is 18.7 Å². The maximum atomic E-state index is 13.7. The van der Waals surface area contributed by atoms with E-state index in [0.29, 0.717) is 12.8 Å². The highest BCUT2D eigenvalue weighted by atomic mass is 19.1. The second-order valence-corrected chi connectivity index (χ2v) is 7.08. The maximum Gasteiger partial charge on any atom is 0.344 e. The van der Waals surface area contributed by atoms with Gasteiger partial charge in [-0.15, -0.1) is 0 Å². The Morgan fingerprint density at radius 2 is 2.07 bits per heavy atom. The molecule has 1 fully saturated rings. The quantitative estimate of drug-likeness (QED) is 0.442. The lowest BCUT2D eigenvalue weighted by Crippen LogP contribution is -2.39. The monoisotopic (exact) mass is 379 g/mol. The Morgan fingerprint density at radius 1 is 1.33 bits per heavy atom. The van der Waals surface area contributed by atoms with Crippen molar-refractivity contribution >= 4 is 11.7 Å². The fourth-order valence-electron chi connectivity index (χ4n) is 3.66. The summed E-state index contributed by atoms with van der Waals surface area (Å²) in [6.07, 6.45) is 4.73. The molecule has 0 saturated heterocycles. The topological polar surface area (TPSA) is 68.1 Å². The number of oxime groups is 1. The summed E-state index contributed by atoms with van der Waals surface area (Å²) in [5, 5.41) is 14.4. The normalized spacial score (nSPS) is 19.5. The first kappa shape index (κ1) is 19.3. The molecule has 2 aliphatic rings. The molecule has 27 heavy (non-hydrogen) atoms. The highest BCUT2D eigenvalue weighted by molar-refractivity contribution is 6.20. The van der Waals surface area contributed by atoms with Gasteiger partial charge in [-0.3, -0.25) is 0 Å². The minimum absolute atomic E-state index is 0.0175. The van der Waals surface area contributed by atoms with Gasteiger partial charge in [-0.1, -0.05) is 18.5 Å². The fraction of sp³-hybridized carbons (Fsp3) is 0.500. The number of aliphatic hydroxyl groups is 1. The average Bonchev–Trinajstić information content (AvgIpc) is 3.04. The largest absolute Gasteiger partial charge is 0.511 e. The zero-order chi connectivity index (χ0) is 19.4. The van der Waals surface area contributed by atoms with Gasteiger partial charge in [-0.05, 0) is 50.3 Å². The summed E-state index contributed by atoms with van der Waals surface area (Å²) in [5.74, 6) is -1.83. The van der Waals surface area contributed by atoms with Crippen molar-refractivity contribution in [3.8, 4) is 0 Å². The number of ether oxygens (including phenoxy) is 1. The van der Waals surface area contributed by atoms with Crippen LogP contribution in [0.5, 0.6) is 0 Å². The number of nitrogens with zero attached hydrogens (tertiary/aromatic N) is 1. The molecular weight excluding hydrogens is 356 g/mol. The second-order valence-electron chi connectivity index (χ2n) is 7.08. The van der Waals surface area contributed by atoms with Crippen LogP contribution in [-0.4, -0.2) is 22.4 Å².